The van der Waals surface area contributed by atoms with Crippen LogP contribution in [0.3, 0.4) is 0 Å². The molecule has 1 N–H and O–H groups in total. The highest BCUT2D eigenvalue weighted by Gasteiger charge is 2.14. The van der Waals surface area contributed by atoms with E-state index in [1.54, 1.807) is 11.3 Å². The molecule has 0 amide bonds. The number of halogens is 2. The number of rotatable bonds is 4. The van der Waals surface area contributed by atoms with Gasteiger partial charge < -0.3 is 5.32 Å². The summed E-state index contributed by atoms with van der Waals surface area (Å²) in [4.78, 5) is 1.29. The average molecular weight is 345 g/mol. The highest BCUT2D eigenvalue weighted by molar-refractivity contribution is 9.10. The van der Waals surface area contributed by atoms with E-state index in [9.17, 15) is 0 Å². The van der Waals surface area contributed by atoms with Crippen molar-refractivity contribution in [3.8, 4) is 0 Å². The topological polar surface area (TPSA) is 12.0 Å². The Morgan fingerprint density at radius 1 is 1.39 bits per heavy atom. The van der Waals surface area contributed by atoms with E-state index >= 15 is 0 Å². The van der Waals surface area contributed by atoms with E-state index in [2.05, 4.69) is 45.5 Å². The van der Waals surface area contributed by atoms with Crippen LogP contribution in [0.4, 0.5) is 0 Å². The Hall–Kier alpha value is -0.350. The first-order valence-corrected chi connectivity index (χ1v) is 7.76. The Morgan fingerprint density at radius 3 is 2.72 bits per heavy atom. The summed E-state index contributed by atoms with van der Waals surface area (Å²) in [6.45, 7) is 2.05. The lowest BCUT2D eigenvalue weighted by Gasteiger charge is -2.14. The molecule has 0 aliphatic carbocycles. The SMILES string of the molecule is CNC(Cc1cccc(Br)c1)c1cc(C)c(Cl)s1. The van der Waals surface area contributed by atoms with E-state index in [0.29, 0.717) is 6.04 Å². The van der Waals surface area contributed by atoms with Crippen molar-refractivity contribution in [2.24, 2.45) is 0 Å². The summed E-state index contributed by atoms with van der Waals surface area (Å²) < 4.78 is 2.01. The first-order chi connectivity index (χ1) is 8.60. The van der Waals surface area contributed by atoms with Crippen molar-refractivity contribution < 1.29 is 0 Å². The first kappa shape index (κ1) is 14.1. The lowest BCUT2D eigenvalue weighted by atomic mass is 10.0. The highest BCUT2D eigenvalue weighted by atomic mass is 79.9. The summed E-state index contributed by atoms with van der Waals surface area (Å²) in [5, 5.41) is 3.36. The molecule has 18 heavy (non-hydrogen) atoms. The minimum absolute atomic E-state index is 0.315. The van der Waals surface area contributed by atoms with Gasteiger partial charge in [0.05, 0.1) is 4.34 Å². The molecule has 1 aromatic carbocycles. The molecule has 96 valence electrons. The van der Waals surface area contributed by atoms with E-state index in [-0.39, 0.29) is 0 Å². The normalized spacial score (nSPS) is 12.7. The summed E-state index contributed by atoms with van der Waals surface area (Å²) in [5.41, 5.74) is 2.47. The van der Waals surface area contributed by atoms with Gasteiger partial charge in [0.15, 0.2) is 0 Å². The predicted molar refractivity (Wildman–Crippen MR) is 83.7 cm³/mol. The van der Waals surface area contributed by atoms with Gasteiger partial charge in [-0.3, -0.25) is 0 Å². The number of benzene rings is 1. The molecule has 1 unspecified atom stereocenters. The second kappa shape index (κ2) is 6.20. The zero-order valence-corrected chi connectivity index (χ0v) is 13.5. The summed E-state index contributed by atoms with van der Waals surface area (Å²) >= 11 is 11.3. The molecule has 0 saturated heterocycles. The number of aryl methyl sites for hydroxylation is 1. The van der Waals surface area contributed by atoms with Crippen LogP contribution in [0.2, 0.25) is 4.34 Å². The second-order valence-corrected chi connectivity index (χ2v) is 6.88. The third kappa shape index (κ3) is 3.35. The van der Waals surface area contributed by atoms with Crippen LogP contribution in [-0.4, -0.2) is 7.05 Å². The van der Waals surface area contributed by atoms with Gasteiger partial charge in [-0.1, -0.05) is 39.7 Å². The number of hydrogen-bond acceptors (Lipinski definition) is 2. The van der Waals surface area contributed by atoms with E-state index < -0.39 is 0 Å². The van der Waals surface area contributed by atoms with Crippen LogP contribution in [0.5, 0.6) is 0 Å². The van der Waals surface area contributed by atoms with Gasteiger partial charge in [0.25, 0.3) is 0 Å². The fourth-order valence-electron chi connectivity index (χ4n) is 1.90. The van der Waals surface area contributed by atoms with Gasteiger partial charge in [-0.25, -0.2) is 0 Å². The van der Waals surface area contributed by atoms with Crippen molar-refractivity contribution in [2.45, 2.75) is 19.4 Å². The quantitative estimate of drug-likeness (QED) is 0.825. The molecule has 4 heteroatoms. The largest absolute Gasteiger partial charge is 0.312 e. The van der Waals surface area contributed by atoms with Crippen LogP contribution < -0.4 is 5.32 Å². The minimum atomic E-state index is 0.315. The van der Waals surface area contributed by atoms with Gasteiger partial charge in [0, 0.05) is 15.4 Å². The third-order valence-electron chi connectivity index (χ3n) is 2.90. The maximum Gasteiger partial charge on any atom is 0.0960 e. The van der Waals surface area contributed by atoms with Crippen LogP contribution in [0.1, 0.15) is 22.0 Å². The predicted octanol–water partition coefficient (Wildman–Crippen LogP) is 4.98. The van der Waals surface area contributed by atoms with Crippen LogP contribution in [0.25, 0.3) is 0 Å². The Balaban J connectivity index is 2.19. The van der Waals surface area contributed by atoms with Crippen molar-refractivity contribution in [1.29, 1.82) is 0 Å². The average Bonchev–Trinajstić information content (AvgIpc) is 2.66. The second-order valence-electron chi connectivity index (χ2n) is 4.28. The van der Waals surface area contributed by atoms with Gasteiger partial charge in [-0.2, -0.15) is 0 Å². The third-order valence-corrected chi connectivity index (χ3v) is 5.06. The zero-order valence-electron chi connectivity index (χ0n) is 10.3. The molecule has 0 spiro atoms. The van der Waals surface area contributed by atoms with Gasteiger partial charge in [0.2, 0.25) is 0 Å². The Labute approximate surface area is 125 Å². The first-order valence-electron chi connectivity index (χ1n) is 5.77. The van der Waals surface area contributed by atoms with Crippen molar-refractivity contribution >= 4 is 38.9 Å². The molecule has 0 fully saturated rings. The van der Waals surface area contributed by atoms with Crippen molar-refractivity contribution in [1.82, 2.24) is 5.32 Å². The molecule has 1 heterocycles. The minimum Gasteiger partial charge on any atom is -0.312 e. The summed E-state index contributed by atoms with van der Waals surface area (Å²) in [6.07, 6.45) is 0.965. The van der Waals surface area contributed by atoms with Crippen molar-refractivity contribution in [3.63, 3.8) is 0 Å². The monoisotopic (exact) mass is 343 g/mol. The van der Waals surface area contributed by atoms with Gasteiger partial charge in [0.1, 0.15) is 0 Å². The van der Waals surface area contributed by atoms with Gasteiger partial charge in [-0.15, -0.1) is 11.3 Å². The molecule has 0 saturated carbocycles. The van der Waals surface area contributed by atoms with E-state index in [1.165, 1.54) is 10.4 Å². The molecule has 0 aliphatic heterocycles. The van der Waals surface area contributed by atoms with Crippen LogP contribution in [0.15, 0.2) is 34.8 Å². The molecular weight excluding hydrogens is 330 g/mol. The summed E-state index contributed by atoms with van der Waals surface area (Å²) in [6, 6.07) is 10.9. The van der Waals surface area contributed by atoms with E-state index in [1.807, 2.05) is 20.0 Å². The Kier molecular flexibility index (Phi) is 4.84. The van der Waals surface area contributed by atoms with E-state index in [0.717, 1.165) is 20.8 Å². The van der Waals surface area contributed by atoms with E-state index in [4.69, 9.17) is 11.6 Å². The fraction of sp³-hybridized carbons (Fsp3) is 0.286. The number of hydrogen-bond donors (Lipinski definition) is 1. The molecule has 2 aromatic rings. The Morgan fingerprint density at radius 2 is 2.17 bits per heavy atom. The number of nitrogens with one attached hydrogen (secondary N) is 1. The van der Waals surface area contributed by atoms with Crippen molar-refractivity contribution in [3.05, 3.63) is 55.1 Å². The zero-order chi connectivity index (χ0) is 13.1. The Bertz CT molecular complexity index is 519. The molecule has 1 atom stereocenters. The highest BCUT2D eigenvalue weighted by Crippen LogP contribution is 2.32. The maximum atomic E-state index is 6.14. The molecule has 1 aromatic heterocycles. The maximum absolute atomic E-state index is 6.14. The van der Waals surface area contributed by atoms with Crippen molar-refractivity contribution in [2.75, 3.05) is 7.05 Å². The van der Waals surface area contributed by atoms with Gasteiger partial charge >= 0.3 is 0 Å². The number of likely N-dealkylation sites (N-methyl/N-ethyl adjacent to an activating group) is 1. The van der Waals surface area contributed by atoms with Gasteiger partial charge in [-0.05, 0) is 49.7 Å². The lowest BCUT2D eigenvalue weighted by Crippen LogP contribution is -2.17. The molecule has 1 nitrogen and oxygen atoms in total. The molecule has 2 rings (SSSR count). The molecule has 0 bridgehead atoms. The van der Waals surface area contributed by atoms with Crippen LogP contribution >= 0.6 is 38.9 Å². The van der Waals surface area contributed by atoms with Crippen LogP contribution in [-0.2, 0) is 6.42 Å². The number of thiophene rings is 1. The molecular formula is C14H15BrClNS. The smallest absolute Gasteiger partial charge is 0.0960 e. The molecule has 0 radical (unpaired) electrons. The standard InChI is InChI=1S/C14H15BrClNS/c1-9-6-13(18-14(9)16)12(17-2)8-10-4-3-5-11(15)7-10/h3-7,12,17H,8H2,1-2H3. The summed E-state index contributed by atoms with van der Waals surface area (Å²) in [7, 11) is 1.99. The van der Waals surface area contributed by atoms with Crippen LogP contribution in [0, 0.1) is 6.92 Å². The fourth-order valence-corrected chi connectivity index (χ4v) is 3.67. The molecule has 0 aliphatic rings. The summed E-state index contributed by atoms with van der Waals surface area (Å²) in [5.74, 6) is 0. The lowest BCUT2D eigenvalue weighted by molar-refractivity contribution is 0.602.